The topological polar surface area (TPSA) is 94.8 Å². The lowest BCUT2D eigenvalue weighted by Gasteiger charge is -2.24. The van der Waals surface area contributed by atoms with E-state index in [-0.39, 0.29) is 12.5 Å². The number of halogens is 1. The number of alkyl halides is 1. The van der Waals surface area contributed by atoms with Crippen LogP contribution in [-0.4, -0.2) is 39.4 Å². The van der Waals surface area contributed by atoms with Crippen molar-refractivity contribution in [2.75, 3.05) is 23.3 Å². The first kappa shape index (κ1) is 23.7. The van der Waals surface area contributed by atoms with Gasteiger partial charge in [0, 0.05) is 43.0 Å². The van der Waals surface area contributed by atoms with E-state index in [1.165, 1.54) is 12.4 Å². The Morgan fingerprint density at radius 2 is 1.97 bits per heavy atom. The molecule has 2 atom stereocenters. The SMILES string of the molecule is Cc1ccc(C#N)cc1-c1ccnc(N2CCC(F)(P)C2)c1NC(=O)c1cnc(C(C)C)nc1. The van der Waals surface area contributed by atoms with Crippen LogP contribution in [0, 0.1) is 18.3 Å². The number of nitrogens with one attached hydrogen (secondary N) is 1. The molecule has 1 aliphatic rings. The van der Waals surface area contributed by atoms with Crippen LogP contribution in [0.5, 0.6) is 0 Å². The van der Waals surface area contributed by atoms with Crippen LogP contribution in [0.1, 0.15) is 53.5 Å². The fourth-order valence-corrected chi connectivity index (χ4v) is 4.29. The number of anilines is 2. The second-order valence-electron chi connectivity index (χ2n) is 8.84. The summed E-state index contributed by atoms with van der Waals surface area (Å²) in [5.41, 5.74) is 3.70. The molecule has 4 rings (SSSR count). The molecule has 1 amide bonds. The van der Waals surface area contributed by atoms with Crippen LogP contribution in [0.3, 0.4) is 0 Å². The summed E-state index contributed by atoms with van der Waals surface area (Å²) in [4.78, 5) is 28.1. The number of aryl methyl sites for hydroxylation is 1. The predicted octanol–water partition coefficient (Wildman–Crippen LogP) is 4.85. The second-order valence-corrected chi connectivity index (χ2v) is 9.88. The smallest absolute Gasteiger partial charge is 0.258 e. The lowest BCUT2D eigenvalue weighted by Crippen LogP contribution is -2.26. The molecule has 2 aromatic heterocycles. The molecule has 3 heterocycles. The lowest BCUT2D eigenvalue weighted by molar-refractivity contribution is 0.102. The van der Waals surface area contributed by atoms with Gasteiger partial charge in [0.1, 0.15) is 11.2 Å². The number of benzene rings is 1. The van der Waals surface area contributed by atoms with Gasteiger partial charge in [-0.25, -0.2) is 19.3 Å². The first-order valence-corrected chi connectivity index (χ1v) is 11.6. The van der Waals surface area contributed by atoms with Gasteiger partial charge in [-0.2, -0.15) is 5.26 Å². The van der Waals surface area contributed by atoms with Crippen molar-refractivity contribution in [2.24, 2.45) is 0 Å². The van der Waals surface area contributed by atoms with Gasteiger partial charge in [0.05, 0.1) is 29.4 Å². The summed E-state index contributed by atoms with van der Waals surface area (Å²) in [6.45, 7) is 6.50. The molecular weight excluding hydrogens is 450 g/mol. The van der Waals surface area contributed by atoms with Gasteiger partial charge >= 0.3 is 0 Å². The van der Waals surface area contributed by atoms with E-state index in [9.17, 15) is 14.4 Å². The Morgan fingerprint density at radius 3 is 2.59 bits per heavy atom. The predicted molar refractivity (Wildman–Crippen MR) is 134 cm³/mol. The minimum Gasteiger partial charge on any atom is -0.351 e. The van der Waals surface area contributed by atoms with E-state index >= 15 is 0 Å². The van der Waals surface area contributed by atoms with Gasteiger partial charge in [0.2, 0.25) is 0 Å². The van der Waals surface area contributed by atoms with Crippen LogP contribution in [0.25, 0.3) is 11.1 Å². The number of nitriles is 1. The number of rotatable bonds is 5. The summed E-state index contributed by atoms with van der Waals surface area (Å²) in [5.74, 6) is 0.887. The Kier molecular flexibility index (Phi) is 6.58. The van der Waals surface area contributed by atoms with Crippen LogP contribution in [0.15, 0.2) is 42.9 Å². The molecule has 174 valence electrons. The molecule has 1 aliphatic heterocycles. The summed E-state index contributed by atoms with van der Waals surface area (Å²) in [5, 5.41) is 11.0. The van der Waals surface area contributed by atoms with Gasteiger partial charge in [0.15, 0.2) is 5.82 Å². The molecule has 0 aliphatic carbocycles. The summed E-state index contributed by atoms with van der Waals surface area (Å²) in [7, 11) is 2.26. The zero-order chi connectivity index (χ0) is 24.5. The summed E-state index contributed by atoms with van der Waals surface area (Å²) < 4.78 is 14.6. The molecule has 1 N–H and O–H groups in total. The van der Waals surface area contributed by atoms with E-state index in [1.807, 2.05) is 31.7 Å². The molecule has 0 radical (unpaired) electrons. The van der Waals surface area contributed by atoms with E-state index in [1.54, 1.807) is 24.4 Å². The van der Waals surface area contributed by atoms with Gasteiger partial charge in [-0.3, -0.25) is 4.79 Å². The number of nitrogens with zero attached hydrogens (tertiary/aromatic N) is 5. The first-order valence-electron chi connectivity index (χ1n) is 11.0. The van der Waals surface area contributed by atoms with Crippen LogP contribution in [0.4, 0.5) is 15.9 Å². The minimum atomic E-state index is -1.42. The molecule has 9 heteroatoms. The van der Waals surface area contributed by atoms with E-state index in [0.717, 1.165) is 11.1 Å². The van der Waals surface area contributed by atoms with Crippen molar-refractivity contribution in [2.45, 2.75) is 38.5 Å². The van der Waals surface area contributed by atoms with Crippen LogP contribution in [-0.2, 0) is 0 Å². The number of amides is 1. The first-order chi connectivity index (χ1) is 16.2. The van der Waals surface area contributed by atoms with Crippen molar-refractivity contribution < 1.29 is 9.18 Å². The van der Waals surface area contributed by atoms with E-state index in [2.05, 4.69) is 35.6 Å². The number of carbonyl (C=O) groups excluding carboxylic acids is 1. The third kappa shape index (κ3) is 4.90. The van der Waals surface area contributed by atoms with Crippen molar-refractivity contribution in [3.05, 3.63) is 65.4 Å². The molecule has 0 bridgehead atoms. The van der Waals surface area contributed by atoms with Gasteiger partial charge in [-0.15, -0.1) is 0 Å². The molecule has 1 aromatic carbocycles. The normalized spacial score (nSPS) is 17.6. The minimum absolute atomic E-state index is 0.139. The number of hydrogen-bond donors (Lipinski definition) is 1. The standard InChI is InChI=1S/C25H26FN6OP/c1-15(2)22-29-12-18(13-30-22)24(33)31-21-19(20-10-17(11-27)5-4-16(20)3)6-8-28-23(21)32-9-7-25(26,34)14-32/h4-6,8,10,12-13,15H,7,9,14,34H2,1-3H3,(H,31,33). The largest absolute Gasteiger partial charge is 0.351 e. The van der Waals surface area contributed by atoms with Crippen molar-refractivity contribution in [1.29, 1.82) is 5.26 Å². The number of aromatic nitrogens is 3. The molecule has 0 saturated carbocycles. The molecule has 2 unspecified atom stereocenters. The van der Waals surface area contributed by atoms with E-state index in [0.29, 0.717) is 47.0 Å². The maximum Gasteiger partial charge on any atom is 0.258 e. The Bertz CT molecular complexity index is 1270. The van der Waals surface area contributed by atoms with Crippen molar-refractivity contribution in [1.82, 2.24) is 15.0 Å². The summed E-state index contributed by atoms with van der Waals surface area (Å²) in [6, 6.07) is 9.35. The van der Waals surface area contributed by atoms with Gasteiger partial charge in [-0.1, -0.05) is 29.2 Å². The lowest BCUT2D eigenvalue weighted by atomic mass is 9.97. The monoisotopic (exact) mass is 476 g/mol. The average molecular weight is 476 g/mol. The van der Waals surface area contributed by atoms with Crippen LogP contribution >= 0.6 is 9.24 Å². The maximum atomic E-state index is 14.6. The second kappa shape index (κ2) is 9.44. The Balaban J connectivity index is 1.80. The third-order valence-electron chi connectivity index (χ3n) is 5.83. The Hall–Kier alpha value is -3.43. The fraction of sp³-hybridized carbons (Fsp3) is 0.320. The average Bonchev–Trinajstić information content (AvgIpc) is 3.19. The van der Waals surface area contributed by atoms with Crippen molar-refractivity contribution >= 4 is 26.7 Å². The van der Waals surface area contributed by atoms with Gasteiger partial charge < -0.3 is 10.2 Å². The fourth-order valence-electron chi connectivity index (χ4n) is 3.94. The van der Waals surface area contributed by atoms with Crippen molar-refractivity contribution in [3.63, 3.8) is 0 Å². The number of pyridine rings is 1. The molecule has 1 fully saturated rings. The summed E-state index contributed by atoms with van der Waals surface area (Å²) >= 11 is 0. The number of hydrogen-bond acceptors (Lipinski definition) is 6. The Morgan fingerprint density at radius 1 is 1.24 bits per heavy atom. The molecule has 1 saturated heterocycles. The maximum absolute atomic E-state index is 14.6. The third-order valence-corrected chi connectivity index (χ3v) is 6.30. The van der Waals surface area contributed by atoms with E-state index < -0.39 is 11.3 Å². The highest BCUT2D eigenvalue weighted by molar-refractivity contribution is 7.18. The highest BCUT2D eigenvalue weighted by Gasteiger charge is 2.36. The number of carbonyl (C=O) groups is 1. The van der Waals surface area contributed by atoms with Crippen LogP contribution in [0.2, 0.25) is 0 Å². The molecule has 0 spiro atoms. The van der Waals surface area contributed by atoms with E-state index in [4.69, 9.17) is 0 Å². The molecule has 7 nitrogen and oxygen atoms in total. The van der Waals surface area contributed by atoms with Crippen molar-refractivity contribution in [3.8, 4) is 17.2 Å². The highest BCUT2D eigenvalue weighted by Crippen LogP contribution is 2.41. The zero-order valence-electron chi connectivity index (χ0n) is 19.3. The van der Waals surface area contributed by atoms with Crippen LogP contribution < -0.4 is 10.2 Å². The van der Waals surface area contributed by atoms with Gasteiger partial charge in [0.25, 0.3) is 5.91 Å². The summed E-state index contributed by atoms with van der Waals surface area (Å²) in [6.07, 6.45) is 4.98. The Labute approximate surface area is 200 Å². The zero-order valence-corrected chi connectivity index (χ0v) is 20.5. The highest BCUT2D eigenvalue weighted by atomic mass is 31.0. The molecule has 3 aromatic rings. The molecule has 34 heavy (non-hydrogen) atoms. The quantitative estimate of drug-likeness (QED) is 0.530. The van der Waals surface area contributed by atoms with Gasteiger partial charge in [-0.05, 0) is 36.2 Å². The molecular formula is C25H26FN6OP.